The molecule has 118 valence electrons. The van der Waals surface area contributed by atoms with E-state index in [2.05, 4.69) is 34.6 Å². The van der Waals surface area contributed by atoms with Gasteiger partial charge in [-0.3, -0.25) is 0 Å². The lowest BCUT2D eigenvalue weighted by Crippen LogP contribution is -2.45. The predicted molar refractivity (Wildman–Crippen MR) is 84.1 cm³/mol. The van der Waals surface area contributed by atoms with Crippen LogP contribution in [0.1, 0.15) is 44.9 Å². The van der Waals surface area contributed by atoms with Gasteiger partial charge in [0.25, 0.3) is 0 Å². The van der Waals surface area contributed by atoms with Gasteiger partial charge in [-0.1, -0.05) is 6.92 Å². The third-order valence-corrected chi connectivity index (χ3v) is 5.37. The number of likely N-dealkylation sites (N-methyl/N-ethyl adjacent to an activating group) is 1. The molecule has 1 aliphatic heterocycles. The Hall–Kier alpha value is -0.870. The van der Waals surface area contributed by atoms with E-state index >= 15 is 0 Å². The molecular formula is C17H29N3O. The Labute approximate surface area is 128 Å². The molecule has 1 N–H and O–H groups in total. The lowest BCUT2D eigenvalue weighted by atomic mass is 9.79. The van der Waals surface area contributed by atoms with Crippen molar-refractivity contribution >= 4 is 0 Å². The van der Waals surface area contributed by atoms with E-state index in [4.69, 9.17) is 0 Å². The Bertz CT molecular complexity index is 462. The van der Waals surface area contributed by atoms with Crippen molar-refractivity contribution in [3.05, 3.63) is 18.2 Å². The fourth-order valence-corrected chi connectivity index (χ4v) is 4.05. The number of nitrogens with zero attached hydrogens (tertiary/aromatic N) is 3. The van der Waals surface area contributed by atoms with Crippen molar-refractivity contribution in [2.45, 2.75) is 57.6 Å². The third kappa shape index (κ3) is 3.67. The van der Waals surface area contributed by atoms with Gasteiger partial charge in [0, 0.05) is 38.4 Å². The normalized spacial score (nSPS) is 33.1. The first kappa shape index (κ1) is 15.0. The van der Waals surface area contributed by atoms with E-state index in [1.807, 2.05) is 6.20 Å². The molecule has 0 aromatic carbocycles. The molecular weight excluding hydrogens is 262 g/mol. The number of aromatic nitrogens is 2. The standard InChI is InChI=1S/C17H29N3O/c1-14-5-7-17(21,8-6-14)13-19(2)11-15-3-4-16-18-9-10-20(16)12-15/h9-10,14-15,21H,3-8,11-13H2,1-2H3/t14?,15-,17?/m1/s1. The van der Waals surface area contributed by atoms with Gasteiger partial charge >= 0.3 is 0 Å². The molecule has 2 heterocycles. The maximum atomic E-state index is 10.8. The maximum absolute atomic E-state index is 10.8. The molecule has 1 aromatic rings. The van der Waals surface area contributed by atoms with E-state index in [0.717, 1.165) is 44.8 Å². The van der Waals surface area contributed by atoms with Crippen molar-refractivity contribution in [1.82, 2.24) is 14.5 Å². The Morgan fingerprint density at radius 2 is 2.14 bits per heavy atom. The first-order chi connectivity index (χ1) is 10.0. The van der Waals surface area contributed by atoms with Crippen molar-refractivity contribution in [3.63, 3.8) is 0 Å². The van der Waals surface area contributed by atoms with Gasteiger partial charge in [-0.15, -0.1) is 0 Å². The minimum atomic E-state index is -0.448. The number of hydrogen-bond acceptors (Lipinski definition) is 3. The largest absolute Gasteiger partial charge is 0.389 e. The van der Waals surface area contributed by atoms with Crippen molar-refractivity contribution in [2.24, 2.45) is 11.8 Å². The van der Waals surface area contributed by atoms with Gasteiger partial charge in [-0.05, 0) is 51.0 Å². The Balaban J connectivity index is 1.49. The summed E-state index contributed by atoms with van der Waals surface area (Å²) in [5.74, 6) is 2.70. The summed E-state index contributed by atoms with van der Waals surface area (Å²) in [7, 11) is 2.17. The van der Waals surface area contributed by atoms with Crippen LogP contribution in [-0.2, 0) is 13.0 Å². The van der Waals surface area contributed by atoms with Gasteiger partial charge in [-0.2, -0.15) is 0 Å². The number of aryl methyl sites for hydroxylation is 1. The molecule has 4 nitrogen and oxygen atoms in total. The highest BCUT2D eigenvalue weighted by Crippen LogP contribution is 2.32. The summed E-state index contributed by atoms with van der Waals surface area (Å²) >= 11 is 0. The zero-order valence-electron chi connectivity index (χ0n) is 13.5. The van der Waals surface area contributed by atoms with Crippen LogP contribution in [0, 0.1) is 11.8 Å². The molecule has 2 aliphatic rings. The monoisotopic (exact) mass is 291 g/mol. The molecule has 1 saturated carbocycles. The molecule has 0 spiro atoms. The SMILES string of the molecule is CC1CCC(O)(CN(C)C[C@H]2CCc3nccn3C2)CC1. The van der Waals surface area contributed by atoms with E-state index < -0.39 is 5.60 Å². The zero-order chi connectivity index (χ0) is 14.9. The quantitative estimate of drug-likeness (QED) is 0.925. The fourth-order valence-electron chi connectivity index (χ4n) is 4.05. The van der Waals surface area contributed by atoms with Gasteiger partial charge in [-0.25, -0.2) is 4.98 Å². The van der Waals surface area contributed by atoms with Crippen molar-refractivity contribution in [1.29, 1.82) is 0 Å². The summed E-state index contributed by atoms with van der Waals surface area (Å²) in [6.45, 7) is 5.28. The average Bonchev–Trinajstić information content (AvgIpc) is 2.89. The van der Waals surface area contributed by atoms with E-state index in [-0.39, 0.29) is 0 Å². The molecule has 0 radical (unpaired) electrons. The van der Waals surface area contributed by atoms with Gasteiger partial charge in [0.15, 0.2) is 0 Å². The average molecular weight is 291 g/mol. The fraction of sp³-hybridized carbons (Fsp3) is 0.824. The molecule has 0 amide bonds. The summed E-state index contributed by atoms with van der Waals surface area (Å²) in [6, 6.07) is 0. The topological polar surface area (TPSA) is 41.3 Å². The van der Waals surface area contributed by atoms with Crippen LogP contribution in [0.4, 0.5) is 0 Å². The molecule has 1 aliphatic carbocycles. The van der Waals surface area contributed by atoms with Crippen LogP contribution in [-0.4, -0.2) is 45.3 Å². The highest BCUT2D eigenvalue weighted by molar-refractivity contribution is 4.97. The van der Waals surface area contributed by atoms with E-state index in [0.29, 0.717) is 5.92 Å². The van der Waals surface area contributed by atoms with Crippen molar-refractivity contribution in [2.75, 3.05) is 20.1 Å². The van der Waals surface area contributed by atoms with E-state index in [9.17, 15) is 5.11 Å². The van der Waals surface area contributed by atoms with Crippen LogP contribution in [0.15, 0.2) is 12.4 Å². The summed E-state index contributed by atoms with van der Waals surface area (Å²) in [5, 5.41) is 10.8. The summed E-state index contributed by atoms with van der Waals surface area (Å²) < 4.78 is 2.29. The first-order valence-electron chi connectivity index (χ1n) is 8.45. The van der Waals surface area contributed by atoms with Crippen LogP contribution >= 0.6 is 0 Å². The summed E-state index contributed by atoms with van der Waals surface area (Å²) in [4.78, 5) is 6.74. The highest BCUT2D eigenvalue weighted by Gasteiger charge is 2.33. The van der Waals surface area contributed by atoms with Crippen LogP contribution in [0.25, 0.3) is 0 Å². The predicted octanol–water partition coefficient (Wildman–Crippen LogP) is 2.32. The Kier molecular flexibility index (Phi) is 4.36. The number of aliphatic hydroxyl groups is 1. The van der Waals surface area contributed by atoms with Crippen LogP contribution < -0.4 is 0 Å². The second-order valence-corrected chi connectivity index (χ2v) is 7.50. The molecule has 21 heavy (non-hydrogen) atoms. The molecule has 0 saturated heterocycles. The van der Waals surface area contributed by atoms with Gasteiger partial charge in [0.05, 0.1) is 5.60 Å². The van der Waals surface area contributed by atoms with Gasteiger partial charge in [0.1, 0.15) is 5.82 Å². The van der Waals surface area contributed by atoms with Crippen molar-refractivity contribution < 1.29 is 5.11 Å². The number of imidazole rings is 1. The Morgan fingerprint density at radius 3 is 2.90 bits per heavy atom. The lowest BCUT2D eigenvalue weighted by molar-refractivity contribution is -0.0331. The number of fused-ring (bicyclic) bond motifs is 1. The maximum Gasteiger partial charge on any atom is 0.108 e. The second-order valence-electron chi connectivity index (χ2n) is 7.50. The molecule has 1 fully saturated rings. The number of hydrogen-bond donors (Lipinski definition) is 1. The lowest BCUT2D eigenvalue weighted by Gasteiger charge is -2.39. The van der Waals surface area contributed by atoms with E-state index in [1.165, 1.54) is 25.1 Å². The Morgan fingerprint density at radius 1 is 1.38 bits per heavy atom. The van der Waals surface area contributed by atoms with Crippen molar-refractivity contribution in [3.8, 4) is 0 Å². The minimum Gasteiger partial charge on any atom is -0.389 e. The number of rotatable bonds is 4. The first-order valence-corrected chi connectivity index (χ1v) is 8.45. The highest BCUT2D eigenvalue weighted by atomic mass is 16.3. The van der Waals surface area contributed by atoms with Gasteiger partial charge in [0.2, 0.25) is 0 Å². The summed E-state index contributed by atoms with van der Waals surface area (Å²) in [6.07, 6.45) is 10.6. The molecule has 1 aromatic heterocycles. The van der Waals surface area contributed by atoms with E-state index in [1.54, 1.807) is 0 Å². The van der Waals surface area contributed by atoms with Crippen LogP contribution in [0.2, 0.25) is 0 Å². The summed E-state index contributed by atoms with van der Waals surface area (Å²) in [5.41, 5.74) is -0.448. The van der Waals surface area contributed by atoms with Gasteiger partial charge < -0.3 is 14.6 Å². The van der Waals surface area contributed by atoms with Crippen LogP contribution in [0.5, 0.6) is 0 Å². The molecule has 3 rings (SSSR count). The van der Waals surface area contributed by atoms with Crippen LogP contribution in [0.3, 0.4) is 0 Å². The minimum absolute atomic E-state index is 0.448. The molecule has 0 unspecified atom stereocenters. The molecule has 4 heteroatoms. The smallest absolute Gasteiger partial charge is 0.108 e. The second kappa shape index (κ2) is 6.09. The molecule has 0 bridgehead atoms. The third-order valence-electron chi connectivity index (χ3n) is 5.37. The molecule has 1 atom stereocenters. The zero-order valence-corrected chi connectivity index (χ0v) is 13.5.